The van der Waals surface area contributed by atoms with Crippen LogP contribution >= 0.6 is 11.8 Å². The second-order valence-electron chi connectivity index (χ2n) is 3.31. The first-order valence-corrected chi connectivity index (χ1v) is 6.32. The molecular weight excluding hydrogens is 250 g/mol. The van der Waals surface area contributed by atoms with Crippen LogP contribution in [-0.4, -0.2) is 23.5 Å². The number of nitrogens with zero attached hydrogens (tertiary/aromatic N) is 1. The van der Waals surface area contributed by atoms with Gasteiger partial charge in [0.2, 0.25) is 5.82 Å². The fourth-order valence-corrected chi connectivity index (χ4v) is 1.69. The van der Waals surface area contributed by atoms with Crippen LogP contribution in [-0.2, 0) is 0 Å². The molecule has 0 spiro atoms. The molecule has 0 aliphatic rings. The van der Waals surface area contributed by atoms with Gasteiger partial charge < -0.3 is 5.32 Å². The van der Waals surface area contributed by atoms with E-state index in [0.29, 0.717) is 12.6 Å². The van der Waals surface area contributed by atoms with E-state index in [1.165, 1.54) is 0 Å². The summed E-state index contributed by atoms with van der Waals surface area (Å²) in [6.45, 7) is 0.487. The summed E-state index contributed by atoms with van der Waals surface area (Å²) >= 11 is 1.65. The number of nitro benzene ring substituents is 1. The van der Waals surface area contributed by atoms with Crippen molar-refractivity contribution in [1.82, 2.24) is 0 Å². The zero-order valence-electron chi connectivity index (χ0n) is 9.20. The van der Waals surface area contributed by atoms with Gasteiger partial charge in [0.25, 0.3) is 0 Å². The van der Waals surface area contributed by atoms with Gasteiger partial charge in [0.15, 0.2) is 0 Å². The molecule has 1 rings (SSSR count). The van der Waals surface area contributed by atoms with E-state index in [4.69, 9.17) is 0 Å². The predicted molar refractivity (Wildman–Crippen MR) is 64.5 cm³/mol. The molecule has 17 heavy (non-hydrogen) atoms. The van der Waals surface area contributed by atoms with Crippen molar-refractivity contribution in [2.75, 3.05) is 23.9 Å². The van der Waals surface area contributed by atoms with Gasteiger partial charge in [0.1, 0.15) is 5.82 Å². The molecule has 0 aliphatic heterocycles. The van der Waals surface area contributed by atoms with Crippen LogP contribution in [0.25, 0.3) is 0 Å². The molecule has 0 aliphatic carbocycles. The molecular formula is C10H12F2N2O2S. The van der Waals surface area contributed by atoms with Crippen molar-refractivity contribution < 1.29 is 13.7 Å². The Morgan fingerprint density at radius 3 is 2.71 bits per heavy atom. The molecule has 0 amide bonds. The molecule has 1 N–H and O–H groups in total. The second-order valence-corrected chi connectivity index (χ2v) is 4.30. The fourth-order valence-electron chi connectivity index (χ4n) is 1.25. The summed E-state index contributed by atoms with van der Waals surface area (Å²) in [5.74, 6) is -1.09. The first-order valence-electron chi connectivity index (χ1n) is 4.92. The van der Waals surface area contributed by atoms with Gasteiger partial charge in [-0.05, 0) is 18.4 Å². The molecule has 0 atom stereocenters. The monoisotopic (exact) mass is 262 g/mol. The number of halogens is 2. The average Bonchev–Trinajstić information content (AvgIpc) is 2.26. The van der Waals surface area contributed by atoms with Crippen LogP contribution in [0.3, 0.4) is 0 Å². The quantitative estimate of drug-likeness (QED) is 0.486. The molecule has 0 heterocycles. The maximum Gasteiger partial charge on any atom is 0.307 e. The fraction of sp³-hybridized carbons (Fsp3) is 0.400. The highest BCUT2D eigenvalue weighted by molar-refractivity contribution is 7.98. The van der Waals surface area contributed by atoms with Gasteiger partial charge in [-0.3, -0.25) is 10.1 Å². The number of anilines is 1. The van der Waals surface area contributed by atoms with Crippen LogP contribution in [0.15, 0.2) is 12.1 Å². The molecule has 4 nitrogen and oxygen atoms in total. The van der Waals surface area contributed by atoms with Crippen LogP contribution in [0.2, 0.25) is 0 Å². The standard InChI is InChI=1S/C10H12F2N2O2S/c1-17-4-2-3-13-9-6-10(14(15)16)8(12)5-7(9)11/h5-6,13H,2-4H2,1H3. The van der Waals surface area contributed by atoms with Gasteiger partial charge in [-0.1, -0.05) is 0 Å². The van der Waals surface area contributed by atoms with Crippen LogP contribution in [0.1, 0.15) is 6.42 Å². The van der Waals surface area contributed by atoms with Crippen molar-refractivity contribution >= 4 is 23.1 Å². The minimum absolute atomic E-state index is 0.0424. The van der Waals surface area contributed by atoms with Gasteiger partial charge in [-0.25, -0.2) is 4.39 Å². The first kappa shape index (κ1) is 13.7. The summed E-state index contributed by atoms with van der Waals surface area (Å²) in [6.07, 6.45) is 2.75. The lowest BCUT2D eigenvalue weighted by atomic mass is 10.2. The summed E-state index contributed by atoms with van der Waals surface area (Å²) in [4.78, 5) is 9.60. The number of benzene rings is 1. The summed E-state index contributed by atoms with van der Waals surface area (Å²) in [5, 5.41) is 13.2. The number of thioether (sulfide) groups is 1. The summed E-state index contributed by atoms with van der Waals surface area (Å²) in [7, 11) is 0. The highest BCUT2D eigenvalue weighted by Crippen LogP contribution is 2.24. The lowest BCUT2D eigenvalue weighted by Gasteiger charge is -2.07. The third-order valence-corrected chi connectivity index (χ3v) is 2.77. The van der Waals surface area contributed by atoms with Crippen LogP contribution < -0.4 is 5.32 Å². The van der Waals surface area contributed by atoms with E-state index in [0.717, 1.165) is 18.2 Å². The number of hydrogen-bond donors (Lipinski definition) is 1. The minimum atomic E-state index is -1.16. The Morgan fingerprint density at radius 1 is 1.41 bits per heavy atom. The van der Waals surface area contributed by atoms with Crippen LogP contribution in [0, 0.1) is 21.7 Å². The van der Waals surface area contributed by atoms with Crippen LogP contribution in [0.4, 0.5) is 20.2 Å². The Balaban J connectivity index is 2.77. The Kier molecular flexibility index (Phi) is 5.14. The van der Waals surface area contributed by atoms with E-state index in [9.17, 15) is 18.9 Å². The van der Waals surface area contributed by atoms with Crippen molar-refractivity contribution in [3.05, 3.63) is 33.9 Å². The third kappa shape index (κ3) is 3.85. The molecule has 0 saturated heterocycles. The molecule has 0 saturated carbocycles. The highest BCUT2D eigenvalue weighted by atomic mass is 32.2. The number of nitro groups is 1. The van der Waals surface area contributed by atoms with Crippen molar-refractivity contribution in [3.8, 4) is 0 Å². The van der Waals surface area contributed by atoms with E-state index >= 15 is 0 Å². The van der Waals surface area contributed by atoms with E-state index in [1.807, 2.05) is 6.26 Å². The van der Waals surface area contributed by atoms with E-state index < -0.39 is 22.2 Å². The van der Waals surface area contributed by atoms with E-state index in [2.05, 4.69) is 5.32 Å². The molecule has 0 fully saturated rings. The maximum absolute atomic E-state index is 13.3. The average molecular weight is 262 g/mol. The first-order chi connectivity index (χ1) is 8.06. The highest BCUT2D eigenvalue weighted by Gasteiger charge is 2.18. The topological polar surface area (TPSA) is 55.2 Å². The second kappa shape index (κ2) is 6.39. The van der Waals surface area contributed by atoms with Crippen molar-refractivity contribution in [3.63, 3.8) is 0 Å². The molecule has 0 unspecified atom stereocenters. The van der Waals surface area contributed by atoms with Gasteiger partial charge in [-0.15, -0.1) is 0 Å². The van der Waals surface area contributed by atoms with Crippen LogP contribution in [0.5, 0.6) is 0 Å². The van der Waals surface area contributed by atoms with Gasteiger partial charge >= 0.3 is 5.69 Å². The van der Waals surface area contributed by atoms with Gasteiger partial charge in [0.05, 0.1) is 10.6 Å². The van der Waals surface area contributed by atoms with E-state index in [-0.39, 0.29) is 5.69 Å². The zero-order chi connectivity index (χ0) is 12.8. The van der Waals surface area contributed by atoms with E-state index in [1.54, 1.807) is 11.8 Å². The number of hydrogen-bond acceptors (Lipinski definition) is 4. The molecule has 0 aromatic heterocycles. The van der Waals surface area contributed by atoms with Gasteiger partial charge in [0, 0.05) is 18.7 Å². The lowest BCUT2D eigenvalue weighted by molar-refractivity contribution is -0.387. The molecule has 1 aromatic rings. The molecule has 0 bridgehead atoms. The van der Waals surface area contributed by atoms with Crippen molar-refractivity contribution in [2.24, 2.45) is 0 Å². The minimum Gasteiger partial charge on any atom is -0.382 e. The predicted octanol–water partition coefficient (Wildman–Crippen LogP) is 3.04. The summed E-state index contributed by atoms with van der Waals surface area (Å²) in [5.41, 5.74) is -0.766. The molecule has 94 valence electrons. The Labute approximate surface area is 102 Å². The Hall–Kier alpha value is -1.37. The number of rotatable bonds is 6. The number of nitrogens with one attached hydrogen (secondary N) is 1. The summed E-state index contributed by atoms with van der Waals surface area (Å²) < 4.78 is 26.3. The largest absolute Gasteiger partial charge is 0.382 e. The molecule has 1 aromatic carbocycles. The Bertz CT molecular complexity index is 416. The van der Waals surface area contributed by atoms with Crippen molar-refractivity contribution in [1.29, 1.82) is 0 Å². The third-order valence-electron chi connectivity index (χ3n) is 2.07. The molecule has 7 heteroatoms. The SMILES string of the molecule is CSCCCNc1cc([N+](=O)[O-])c(F)cc1F. The zero-order valence-corrected chi connectivity index (χ0v) is 10.0. The smallest absolute Gasteiger partial charge is 0.307 e. The normalized spacial score (nSPS) is 10.3. The van der Waals surface area contributed by atoms with Crippen molar-refractivity contribution in [2.45, 2.75) is 6.42 Å². The molecule has 0 radical (unpaired) electrons. The maximum atomic E-state index is 13.3. The lowest BCUT2D eigenvalue weighted by Crippen LogP contribution is -2.06. The summed E-state index contributed by atoms with van der Waals surface area (Å²) in [6, 6.07) is 1.40. The van der Waals surface area contributed by atoms with Gasteiger partial charge in [-0.2, -0.15) is 16.2 Å². The Morgan fingerprint density at radius 2 is 2.12 bits per heavy atom.